The van der Waals surface area contributed by atoms with Gasteiger partial charge in [-0.1, -0.05) is 50.7 Å². The van der Waals surface area contributed by atoms with Gasteiger partial charge in [0.2, 0.25) is 5.91 Å². The van der Waals surface area contributed by atoms with Gasteiger partial charge in [-0.2, -0.15) is 0 Å². The number of amides is 2. The number of hydrogen-bond acceptors (Lipinski definition) is 3. The molecule has 0 N–H and O–H groups in total. The van der Waals surface area contributed by atoms with Crippen molar-refractivity contribution in [1.82, 2.24) is 4.90 Å². The molecule has 3 fully saturated rings. The molecule has 3 aliphatic rings. The van der Waals surface area contributed by atoms with Gasteiger partial charge in [0.05, 0.1) is 18.2 Å². The minimum atomic E-state index is -0.265. The minimum absolute atomic E-state index is 0.00912. The van der Waals surface area contributed by atoms with Gasteiger partial charge in [0.1, 0.15) is 0 Å². The second-order valence-electron chi connectivity index (χ2n) is 9.11. The third-order valence-corrected chi connectivity index (χ3v) is 7.08. The molecule has 2 amide bonds. The Kier molecular flexibility index (Phi) is 5.86. The lowest BCUT2D eigenvalue weighted by atomic mass is 9.87. The fourth-order valence-corrected chi connectivity index (χ4v) is 5.63. The summed E-state index contributed by atoms with van der Waals surface area (Å²) in [5.41, 5.74) is 2.86. The summed E-state index contributed by atoms with van der Waals surface area (Å²) in [5, 5.41) is 0. The second-order valence-corrected chi connectivity index (χ2v) is 9.11. The van der Waals surface area contributed by atoms with Crippen LogP contribution < -0.4 is 4.90 Å². The number of carbonyl (C=O) groups is 2. The second kappa shape index (κ2) is 8.36. The quantitative estimate of drug-likeness (QED) is 0.695. The molecule has 2 aliphatic carbocycles. The van der Waals surface area contributed by atoms with Crippen LogP contribution >= 0.6 is 0 Å². The maximum atomic E-state index is 13.6. The van der Waals surface area contributed by atoms with Gasteiger partial charge < -0.3 is 0 Å². The summed E-state index contributed by atoms with van der Waals surface area (Å²) in [5.74, 6) is -0.0184. The van der Waals surface area contributed by atoms with E-state index in [-0.39, 0.29) is 17.9 Å². The largest absolute Gasteiger partial charge is 0.286 e. The molecule has 1 saturated heterocycles. The van der Waals surface area contributed by atoms with Crippen molar-refractivity contribution in [2.24, 2.45) is 0 Å². The van der Waals surface area contributed by atoms with E-state index in [9.17, 15) is 9.59 Å². The highest BCUT2D eigenvalue weighted by atomic mass is 16.2. The van der Waals surface area contributed by atoms with Crippen molar-refractivity contribution in [3.05, 3.63) is 29.3 Å². The highest BCUT2D eigenvalue weighted by Crippen LogP contribution is 2.36. The van der Waals surface area contributed by atoms with E-state index in [0.29, 0.717) is 18.5 Å². The predicted molar refractivity (Wildman–Crippen MR) is 112 cm³/mol. The molecule has 1 aliphatic heterocycles. The van der Waals surface area contributed by atoms with Gasteiger partial charge in [0, 0.05) is 12.1 Å². The van der Waals surface area contributed by atoms with Crippen molar-refractivity contribution < 1.29 is 9.59 Å². The van der Waals surface area contributed by atoms with Crippen LogP contribution in [0.1, 0.15) is 81.8 Å². The normalized spacial score (nSPS) is 25.1. The summed E-state index contributed by atoms with van der Waals surface area (Å²) < 4.78 is 0. The Hall–Kier alpha value is -1.68. The van der Waals surface area contributed by atoms with E-state index in [0.717, 1.165) is 16.8 Å². The Morgan fingerprint density at radius 2 is 1.43 bits per heavy atom. The van der Waals surface area contributed by atoms with Gasteiger partial charge in [-0.3, -0.25) is 14.5 Å². The summed E-state index contributed by atoms with van der Waals surface area (Å²) >= 11 is 0. The average Bonchev–Trinajstić information content (AvgIpc) is 3.00. The lowest BCUT2D eigenvalue weighted by Gasteiger charge is -2.44. The van der Waals surface area contributed by atoms with E-state index in [1.807, 2.05) is 32.0 Å². The molecule has 0 bridgehead atoms. The monoisotopic (exact) mass is 382 g/mol. The van der Waals surface area contributed by atoms with Crippen molar-refractivity contribution in [1.29, 1.82) is 0 Å². The van der Waals surface area contributed by atoms with E-state index >= 15 is 0 Å². The van der Waals surface area contributed by atoms with Crippen LogP contribution in [0.3, 0.4) is 0 Å². The number of anilines is 1. The minimum Gasteiger partial charge on any atom is -0.286 e. The smallest absolute Gasteiger partial charge is 0.251 e. The molecule has 1 unspecified atom stereocenters. The summed E-state index contributed by atoms with van der Waals surface area (Å²) in [6.45, 7) is 4.00. The number of benzene rings is 1. The van der Waals surface area contributed by atoms with Crippen LogP contribution in [0.5, 0.6) is 0 Å². The Morgan fingerprint density at radius 1 is 0.857 bits per heavy atom. The van der Waals surface area contributed by atoms with E-state index in [1.54, 1.807) is 0 Å². The fraction of sp³-hybridized carbons (Fsp3) is 0.667. The van der Waals surface area contributed by atoms with Gasteiger partial charge in [0.15, 0.2) is 0 Å². The molecule has 28 heavy (non-hydrogen) atoms. The highest BCUT2D eigenvalue weighted by Gasteiger charge is 2.47. The fourth-order valence-electron chi connectivity index (χ4n) is 5.63. The van der Waals surface area contributed by atoms with E-state index in [2.05, 4.69) is 4.90 Å². The third kappa shape index (κ3) is 3.76. The molecular formula is C24H34N2O2. The molecule has 1 aromatic carbocycles. The molecule has 1 atom stereocenters. The standard InChI is InChI=1S/C24H34N2O2/c1-17-13-14-18(2)21(15-17)26-23(27)16-22(24(26)28)25(19-9-5-3-6-10-19)20-11-7-4-8-12-20/h13-15,19-20,22H,3-12,16H2,1-2H3. The first-order valence-electron chi connectivity index (χ1n) is 11.3. The summed E-state index contributed by atoms with van der Waals surface area (Å²) in [6, 6.07) is 6.71. The first-order chi connectivity index (χ1) is 13.6. The molecule has 4 nitrogen and oxygen atoms in total. The molecular weight excluding hydrogens is 348 g/mol. The Bertz CT molecular complexity index is 714. The van der Waals surface area contributed by atoms with Crippen molar-refractivity contribution in [3.63, 3.8) is 0 Å². The maximum absolute atomic E-state index is 13.6. The third-order valence-electron chi connectivity index (χ3n) is 7.08. The number of carbonyl (C=O) groups excluding carboxylic acids is 2. The van der Waals surface area contributed by atoms with Gasteiger partial charge >= 0.3 is 0 Å². The molecule has 152 valence electrons. The average molecular weight is 383 g/mol. The number of hydrogen-bond donors (Lipinski definition) is 0. The van der Waals surface area contributed by atoms with Gasteiger partial charge in [-0.05, 0) is 56.7 Å². The van der Waals surface area contributed by atoms with E-state index in [1.165, 1.54) is 69.1 Å². The number of imide groups is 1. The SMILES string of the molecule is Cc1ccc(C)c(N2C(=O)CC(N(C3CCCCC3)C3CCCCC3)C2=O)c1. The van der Waals surface area contributed by atoms with Crippen LogP contribution in [0.15, 0.2) is 18.2 Å². The van der Waals surface area contributed by atoms with Crippen LogP contribution in [0.2, 0.25) is 0 Å². The molecule has 2 saturated carbocycles. The highest BCUT2D eigenvalue weighted by molar-refractivity contribution is 6.22. The van der Waals surface area contributed by atoms with Crippen LogP contribution in [0.25, 0.3) is 0 Å². The van der Waals surface area contributed by atoms with Crippen molar-refractivity contribution >= 4 is 17.5 Å². The zero-order valence-electron chi connectivity index (χ0n) is 17.5. The Labute approximate surface area is 169 Å². The molecule has 4 heteroatoms. The zero-order valence-corrected chi connectivity index (χ0v) is 17.5. The van der Waals surface area contributed by atoms with Crippen LogP contribution in [0.4, 0.5) is 5.69 Å². The molecule has 4 rings (SSSR count). The van der Waals surface area contributed by atoms with Crippen LogP contribution in [-0.2, 0) is 9.59 Å². The van der Waals surface area contributed by atoms with E-state index < -0.39 is 0 Å². The molecule has 1 heterocycles. The summed E-state index contributed by atoms with van der Waals surface area (Å²) in [4.78, 5) is 30.6. The Morgan fingerprint density at radius 3 is 2.00 bits per heavy atom. The first kappa shape index (κ1) is 19.6. The first-order valence-corrected chi connectivity index (χ1v) is 11.3. The van der Waals surface area contributed by atoms with Crippen molar-refractivity contribution in [2.75, 3.05) is 4.90 Å². The van der Waals surface area contributed by atoms with Crippen LogP contribution in [-0.4, -0.2) is 34.8 Å². The van der Waals surface area contributed by atoms with E-state index in [4.69, 9.17) is 0 Å². The van der Waals surface area contributed by atoms with Crippen molar-refractivity contribution in [2.45, 2.75) is 103 Å². The van der Waals surface area contributed by atoms with Crippen molar-refractivity contribution in [3.8, 4) is 0 Å². The van der Waals surface area contributed by atoms with Gasteiger partial charge in [-0.15, -0.1) is 0 Å². The zero-order chi connectivity index (χ0) is 19.7. The van der Waals surface area contributed by atoms with Crippen LogP contribution in [0, 0.1) is 13.8 Å². The molecule has 0 radical (unpaired) electrons. The lowest BCUT2D eigenvalue weighted by molar-refractivity contribution is -0.124. The van der Waals surface area contributed by atoms with Gasteiger partial charge in [0.25, 0.3) is 5.91 Å². The topological polar surface area (TPSA) is 40.6 Å². The lowest BCUT2D eigenvalue weighted by Crippen LogP contribution is -2.53. The number of rotatable bonds is 4. The number of nitrogens with zero attached hydrogens (tertiary/aromatic N) is 2. The molecule has 1 aromatic rings. The summed E-state index contributed by atoms with van der Waals surface area (Å²) in [7, 11) is 0. The Balaban J connectivity index is 1.64. The van der Waals surface area contributed by atoms with Gasteiger partial charge in [-0.25, -0.2) is 4.90 Å². The predicted octanol–water partition coefficient (Wildman–Crippen LogP) is 4.90. The molecule has 0 aromatic heterocycles. The maximum Gasteiger partial charge on any atom is 0.251 e. The summed E-state index contributed by atoms with van der Waals surface area (Å²) in [6.07, 6.45) is 12.7. The number of aryl methyl sites for hydroxylation is 2. The molecule has 0 spiro atoms.